The number of halogens is 2. The summed E-state index contributed by atoms with van der Waals surface area (Å²) in [7, 11) is 3.40. The molecule has 1 heterocycles. The molecule has 6 nitrogen and oxygen atoms in total. The summed E-state index contributed by atoms with van der Waals surface area (Å²) < 4.78 is 19.2. The summed E-state index contributed by atoms with van der Waals surface area (Å²) in [6.45, 7) is 3.13. The lowest BCUT2D eigenvalue weighted by Crippen LogP contribution is -2.42. The maximum Gasteiger partial charge on any atom is 0.243 e. The van der Waals surface area contributed by atoms with Crippen molar-refractivity contribution in [3.63, 3.8) is 0 Å². The lowest BCUT2D eigenvalue weighted by atomic mass is 10.2. The van der Waals surface area contributed by atoms with Gasteiger partial charge >= 0.3 is 0 Å². The molecular weight excluding hydrogens is 506 g/mol. The number of amides is 1. The van der Waals surface area contributed by atoms with Crippen LogP contribution in [-0.4, -0.2) is 50.1 Å². The van der Waals surface area contributed by atoms with E-state index in [0.29, 0.717) is 24.8 Å². The Morgan fingerprint density at radius 1 is 1.28 bits per heavy atom. The first kappa shape index (κ1) is 25.2. The Morgan fingerprint density at radius 2 is 2.07 bits per heavy atom. The van der Waals surface area contributed by atoms with Gasteiger partial charge in [-0.2, -0.15) is 0 Å². The van der Waals surface area contributed by atoms with E-state index in [1.165, 1.54) is 17.0 Å². The maximum atomic E-state index is 13.4. The van der Waals surface area contributed by atoms with E-state index >= 15 is 0 Å². The highest BCUT2D eigenvalue weighted by Gasteiger charge is 2.11. The van der Waals surface area contributed by atoms with E-state index in [1.807, 2.05) is 24.4 Å². The first-order chi connectivity index (χ1) is 13.5. The van der Waals surface area contributed by atoms with Gasteiger partial charge in [-0.1, -0.05) is 19.1 Å². The van der Waals surface area contributed by atoms with Crippen molar-refractivity contribution < 1.29 is 13.9 Å². The Kier molecular flexibility index (Phi) is 11.6. The number of nitrogens with one attached hydrogen (secondary N) is 2. The number of carbonyl (C=O) groups excluding carboxylic acids is 1. The molecule has 29 heavy (non-hydrogen) atoms. The Labute approximate surface area is 192 Å². The molecule has 0 bridgehead atoms. The van der Waals surface area contributed by atoms with Gasteiger partial charge in [-0.05, 0) is 30.0 Å². The summed E-state index contributed by atoms with van der Waals surface area (Å²) >= 11 is 1.65. The summed E-state index contributed by atoms with van der Waals surface area (Å²) in [4.78, 5) is 18.9. The van der Waals surface area contributed by atoms with Crippen molar-refractivity contribution in [2.24, 2.45) is 4.99 Å². The van der Waals surface area contributed by atoms with Crippen LogP contribution in [0.5, 0.6) is 5.75 Å². The number of benzene rings is 1. The third kappa shape index (κ3) is 9.44. The zero-order chi connectivity index (χ0) is 20.4. The van der Waals surface area contributed by atoms with Gasteiger partial charge in [0.15, 0.2) is 5.96 Å². The number of carbonyl (C=O) groups is 1. The molecule has 0 aliphatic carbocycles. The minimum atomic E-state index is -0.331. The van der Waals surface area contributed by atoms with Crippen LogP contribution in [0.4, 0.5) is 4.39 Å². The summed E-state index contributed by atoms with van der Waals surface area (Å²) in [5, 5.41) is 8.46. The van der Waals surface area contributed by atoms with Gasteiger partial charge in [-0.3, -0.25) is 4.79 Å². The third-order valence-electron chi connectivity index (χ3n) is 3.93. The number of aliphatic imine (C=N–C) groups is 1. The van der Waals surface area contributed by atoms with Crippen molar-refractivity contribution in [3.05, 3.63) is 52.5 Å². The van der Waals surface area contributed by atoms with E-state index < -0.39 is 0 Å². The Hall–Kier alpha value is -1.88. The summed E-state index contributed by atoms with van der Waals surface area (Å²) in [5.41, 5.74) is 0. The summed E-state index contributed by atoms with van der Waals surface area (Å²) in [5.74, 6) is 0.606. The lowest BCUT2D eigenvalue weighted by Gasteiger charge is -2.20. The predicted molar refractivity (Wildman–Crippen MR) is 127 cm³/mol. The van der Waals surface area contributed by atoms with E-state index in [-0.39, 0.29) is 48.3 Å². The van der Waals surface area contributed by atoms with Gasteiger partial charge in [-0.15, -0.1) is 35.3 Å². The van der Waals surface area contributed by atoms with Crippen LogP contribution in [0.2, 0.25) is 0 Å². The van der Waals surface area contributed by atoms with Crippen molar-refractivity contribution in [1.29, 1.82) is 0 Å². The fraction of sp³-hybridized carbons (Fsp3) is 0.400. The molecule has 0 spiro atoms. The van der Waals surface area contributed by atoms with Crippen molar-refractivity contribution in [1.82, 2.24) is 15.5 Å². The van der Waals surface area contributed by atoms with Crippen LogP contribution >= 0.6 is 35.3 Å². The molecule has 0 saturated carbocycles. The minimum absolute atomic E-state index is 0. The van der Waals surface area contributed by atoms with Crippen LogP contribution in [-0.2, 0) is 11.3 Å². The highest BCUT2D eigenvalue weighted by Crippen LogP contribution is 2.14. The highest BCUT2D eigenvalue weighted by atomic mass is 127. The highest BCUT2D eigenvalue weighted by molar-refractivity contribution is 14.0. The Bertz CT molecular complexity index is 772. The van der Waals surface area contributed by atoms with Crippen molar-refractivity contribution in [3.8, 4) is 5.75 Å². The molecule has 160 valence electrons. The Morgan fingerprint density at radius 3 is 2.69 bits per heavy atom. The van der Waals surface area contributed by atoms with Gasteiger partial charge in [-0.25, -0.2) is 9.38 Å². The molecule has 0 radical (unpaired) electrons. The van der Waals surface area contributed by atoms with Gasteiger partial charge in [0.05, 0.1) is 13.1 Å². The zero-order valence-electron chi connectivity index (χ0n) is 16.9. The SMILES string of the molecule is CCC(CNC(=NCC(=O)N(C)C)NCc1cccs1)Oc1cccc(F)c1.I. The lowest BCUT2D eigenvalue weighted by molar-refractivity contribution is -0.127. The predicted octanol–water partition coefficient (Wildman–Crippen LogP) is 3.49. The Balaban J connectivity index is 0.00000420. The third-order valence-corrected chi connectivity index (χ3v) is 4.81. The van der Waals surface area contributed by atoms with E-state index in [4.69, 9.17) is 4.74 Å². The van der Waals surface area contributed by atoms with E-state index in [0.717, 1.165) is 11.3 Å². The molecule has 1 unspecified atom stereocenters. The van der Waals surface area contributed by atoms with Crippen LogP contribution in [0.15, 0.2) is 46.8 Å². The summed E-state index contributed by atoms with van der Waals surface area (Å²) in [6.07, 6.45) is 0.568. The number of hydrogen-bond donors (Lipinski definition) is 2. The fourth-order valence-corrected chi connectivity index (χ4v) is 2.90. The van der Waals surface area contributed by atoms with Crippen molar-refractivity contribution in [2.45, 2.75) is 26.0 Å². The molecule has 0 fully saturated rings. The van der Waals surface area contributed by atoms with Gasteiger partial charge in [0.2, 0.25) is 5.91 Å². The quantitative estimate of drug-likeness (QED) is 0.294. The molecule has 0 aliphatic rings. The van der Waals surface area contributed by atoms with Crippen LogP contribution in [0.1, 0.15) is 18.2 Å². The molecule has 2 N–H and O–H groups in total. The normalized spacial score (nSPS) is 11.9. The second-order valence-corrected chi connectivity index (χ2v) is 7.40. The standard InChI is InChI=1S/C20H27FN4O2S.HI/c1-4-16(27-17-8-5-7-15(21)11-17)12-22-20(24-14-19(26)25(2)3)23-13-18-9-6-10-28-18;/h5-11,16H,4,12-14H2,1-3H3,(H2,22,23,24);1H. The van der Waals surface area contributed by atoms with Crippen LogP contribution < -0.4 is 15.4 Å². The number of thiophene rings is 1. The molecule has 1 aromatic carbocycles. The minimum Gasteiger partial charge on any atom is -0.489 e. The number of guanidine groups is 1. The molecule has 0 saturated heterocycles. The fourth-order valence-electron chi connectivity index (χ4n) is 2.26. The topological polar surface area (TPSA) is 66.0 Å². The number of likely N-dealkylation sites (N-methyl/N-ethyl adjacent to an activating group) is 1. The summed E-state index contributed by atoms with van der Waals surface area (Å²) in [6, 6.07) is 10.1. The van der Waals surface area contributed by atoms with Gasteiger partial charge in [0.25, 0.3) is 0 Å². The number of rotatable bonds is 9. The van der Waals surface area contributed by atoms with Crippen molar-refractivity contribution >= 4 is 47.2 Å². The largest absolute Gasteiger partial charge is 0.489 e. The van der Waals surface area contributed by atoms with Crippen LogP contribution in [0, 0.1) is 5.82 Å². The van der Waals surface area contributed by atoms with Crippen LogP contribution in [0.3, 0.4) is 0 Å². The second-order valence-electron chi connectivity index (χ2n) is 6.37. The smallest absolute Gasteiger partial charge is 0.243 e. The van der Waals surface area contributed by atoms with E-state index in [2.05, 4.69) is 15.6 Å². The molecule has 9 heteroatoms. The second kappa shape index (κ2) is 13.4. The molecule has 1 amide bonds. The van der Waals surface area contributed by atoms with Gasteiger partial charge in [0, 0.05) is 25.0 Å². The first-order valence-electron chi connectivity index (χ1n) is 9.15. The van der Waals surface area contributed by atoms with E-state index in [1.54, 1.807) is 37.6 Å². The van der Waals surface area contributed by atoms with Crippen molar-refractivity contribution in [2.75, 3.05) is 27.2 Å². The van der Waals surface area contributed by atoms with E-state index in [9.17, 15) is 9.18 Å². The monoisotopic (exact) mass is 534 g/mol. The molecule has 1 atom stereocenters. The first-order valence-corrected chi connectivity index (χ1v) is 10.0. The number of hydrogen-bond acceptors (Lipinski definition) is 4. The average Bonchev–Trinajstić information content (AvgIpc) is 3.19. The number of nitrogens with zero attached hydrogens (tertiary/aromatic N) is 2. The molecular formula is C20H28FIN4O2S. The molecule has 0 aliphatic heterocycles. The molecule has 2 rings (SSSR count). The molecule has 2 aromatic rings. The molecule has 1 aromatic heterocycles. The van der Waals surface area contributed by atoms with Gasteiger partial charge in [0.1, 0.15) is 24.2 Å². The maximum absolute atomic E-state index is 13.4. The van der Waals surface area contributed by atoms with Crippen LogP contribution in [0.25, 0.3) is 0 Å². The average molecular weight is 534 g/mol. The van der Waals surface area contributed by atoms with Gasteiger partial charge < -0.3 is 20.3 Å². The number of ether oxygens (including phenoxy) is 1. The zero-order valence-corrected chi connectivity index (χ0v) is 20.0.